The topological polar surface area (TPSA) is 69.3 Å². The van der Waals surface area contributed by atoms with Gasteiger partial charge in [0, 0.05) is 6.20 Å². The fourth-order valence-corrected chi connectivity index (χ4v) is 3.19. The Morgan fingerprint density at radius 2 is 2.03 bits per heavy atom. The number of carbonyl (C=O) groups is 1. The summed E-state index contributed by atoms with van der Waals surface area (Å²) >= 11 is 6.19. The molecular formula is C23H19ClFN3O3. The molecule has 0 radical (unpaired) electrons. The number of anilines is 1. The maximum Gasteiger partial charge on any atom is 0.292 e. The van der Waals surface area contributed by atoms with Crippen LogP contribution in [0.25, 0.3) is 0 Å². The van der Waals surface area contributed by atoms with Gasteiger partial charge in [-0.1, -0.05) is 35.9 Å². The van der Waals surface area contributed by atoms with E-state index in [0.29, 0.717) is 12.3 Å². The Bertz CT molecular complexity index is 1220. The molecule has 1 amide bonds. The third kappa shape index (κ3) is 5.32. The fourth-order valence-electron chi connectivity index (χ4n) is 2.99. The summed E-state index contributed by atoms with van der Waals surface area (Å²) in [6.45, 7) is 2.49. The number of rotatable bonds is 7. The molecule has 0 saturated heterocycles. The fraction of sp³-hybridized carbons (Fsp3) is 0.130. The molecule has 158 valence electrons. The Morgan fingerprint density at radius 3 is 2.84 bits per heavy atom. The maximum atomic E-state index is 13.4. The van der Waals surface area contributed by atoms with Crippen molar-refractivity contribution in [1.29, 1.82) is 0 Å². The molecular weight excluding hydrogens is 421 g/mol. The number of nitrogens with zero attached hydrogens (tertiary/aromatic N) is 2. The van der Waals surface area contributed by atoms with Gasteiger partial charge >= 0.3 is 0 Å². The van der Waals surface area contributed by atoms with Crippen molar-refractivity contribution >= 4 is 23.3 Å². The average Bonchev–Trinajstić information content (AvgIpc) is 3.33. The largest absolute Gasteiger partial charge is 0.486 e. The SMILES string of the molecule is Cc1cccc(OCc2ccc(C(=O)Nc3nn(Cc4cccc(F)c4)cc3Cl)o2)c1. The molecule has 4 rings (SSSR count). The Hall–Kier alpha value is -3.58. The van der Waals surface area contributed by atoms with Crippen LogP contribution in [0.15, 0.2) is 71.3 Å². The Balaban J connectivity index is 1.38. The van der Waals surface area contributed by atoms with Gasteiger partial charge in [0.1, 0.15) is 29.0 Å². The van der Waals surface area contributed by atoms with E-state index >= 15 is 0 Å². The number of hydrogen-bond acceptors (Lipinski definition) is 4. The highest BCUT2D eigenvalue weighted by molar-refractivity contribution is 6.33. The summed E-state index contributed by atoms with van der Waals surface area (Å²) in [5, 5.41) is 7.15. The van der Waals surface area contributed by atoms with Gasteiger partial charge in [-0.2, -0.15) is 5.10 Å². The van der Waals surface area contributed by atoms with E-state index < -0.39 is 5.91 Å². The van der Waals surface area contributed by atoms with Crippen LogP contribution in [-0.2, 0) is 13.2 Å². The third-order valence-corrected chi connectivity index (χ3v) is 4.72. The van der Waals surface area contributed by atoms with E-state index in [1.165, 1.54) is 16.8 Å². The normalized spacial score (nSPS) is 10.8. The molecule has 2 aromatic carbocycles. The zero-order chi connectivity index (χ0) is 21.8. The van der Waals surface area contributed by atoms with Gasteiger partial charge in [0.25, 0.3) is 5.91 Å². The van der Waals surface area contributed by atoms with Crippen LogP contribution in [0.3, 0.4) is 0 Å². The van der Waals surface area contributed by atoms with E-state index in [2.05, 4.69) is 10.4 Å². The number of furan rings is 1. The predicted octanol–water partition coefficient (Wildman–Crippen LogP) is 5.46. The Morgan fingerprint density at radius 1 is 1.19 bits per heavy atom. The summed E-state index contributed by atoms with van der Waals surface area (Å²) in [6, 6.07) is 17.1. The number of aryl methyl sites for hydroxylation is 1. The lowest BCUT2D eigenvalue weighted by Gasteiger charge is -2.05. The van der Waals surface area contributed by atoms with Crippen LogP contribution in [-0.4, -0.2) is 15.7 Å². The van der Waals surface area contributed by atoms with Crippen LogP contribution < -0.4 is 10.1 Å². The second-order valence-electron chi connectivity index (χ2n) is 6.98. The van der Waals surface area contributed by atoms with Crippen molar-refractivity contribution in [3.05, 3.63) is 100 Å². The summed E-state index contributed by atoms with van der Waals surface area (Å²) in [7, 11) is 0. The molecule has 8 heteroatoms. The first-order valence-corrected chi connectivity index (χ1v) is 9.91. The number of aromatic nitrogens is 2. The summed E-state index contributed by atoms with van der Waals surface area (Å²) in [5.41, 5.74) is 1.81. The number of nitrogens with one attached hydrogen (secondary N) is 1. The molecule has 0 atom stereocenters. The van der Waals surface area contributed by atoms with Crippen molar-refractivity contribution in [3.8, 4) is 5.75 Å². The minimum absolute atomic E-state index is 0.110. The highest BCUT2D eigenvalue weighted by atomic mass is 35.5. The highest BCUT2D eigenvalue weighted by Gasteiger charge is 2.16. The lowest BCUT2D eigenvalue weighted by atomic mass is 10.2. The maximum absolute atomic E-state index is 13.4. The van der Waals surface area contributed by atoms with Gasteiger partial charge in [0.2, 0.25) is 0 Å². The molecule has 31 heavy (non-hydrogen) atoms. The molecule has 0 saturated carbocycles. The van der Waals surface area contributed by atoms with E-state index in [1.807, 2.05) is 31.2 Å². The molecule has 0 unspecified atom stereocenters. The van der Waals surface area contributed by atoms with Crippen molar-refractivity contribution in [2.75, 3.05) is 5.32 Å². The predicted molar refractivity (Wildman–Crippen MR) is 115 cm³/mol. The van der Waals surface area contributed by atoms with Gasteiger partial charge in [-0.15, -0.1) is 0 Å². The first kappa shape index (κ1) is 20.7. The van der Waals surface area contributed by atoms with Crippen LogP contribution in [0, 0.1) is 12.7 Å². The van der Waals surface area contributed by atoms with Crippen LogP contribution in [0.4, 0.5) is 10.2 Å². The van der Waals surface area contributed by atoms with E-state index in [9.17, 15) is 9.18 Å². The summed E-state index contributed by atoms with van der Waals surface area (Å²) < 4.78 is 26.1. The summed E-state index contributed by atoms with van der Waals surface area (Å²) in [6.07, 6.45) is 1.56. The van der Waals surface area contributed by atoms with Crippen LogP contribution in [0.5, 0.6) is 5.75 Å². The van der Waals surface area contributed by atoms with Gasteiger partial charge in [-0.05, 0) is 54.4 Å². The third-order valence-electron chi connectivity index (χ3n) is 4.44. The van der Waals surface area contributed by atoms with E-state index in [1.54, 1.807) is 30.5 Å². The van der Waals surface area contributed by atoms with Crippen LogP contribution >= 0.6 is 11.6 Å². The molecule has 0 spiro atoms. The standard InChI is InChI=1S/C23H19ClFN3O3/c1-15-4-2-7-18(10-15)30-14-19-8-9-21(31-19)23(29)26-22-20(24)13-28(27-22)12-16-5-3-6-17(25)11-16/h2-11,13H,12,14H2,1H3,(H,26,27,29). The Kier molecular flexibility index (Phi) is 6.04. The van der Waals surface area contributed by atoms with Gasteiger partial charge < -0.3 is 14.5 Å². The molecule has 6 nitrogen and oxygen atoms in total. The van der Waals surface area contributed by atoms with E-state index in [4.69, 9.17) is 20.8 Å². The minimum atomic E-state index is -0.486. The molecule has 0 aliphatic rings. The monoisotopic (exact) mass is 439 g/mol. The number of halogens is 2. The van der Waals surface area contributed by atoms with Gasteiger partial charge in [-0.25, -0.2) is 4.39 Å². The van der Waals surface area contributed by atoms with Gasteiger partial charge in [-0.3, -0.25) is 9.48 Å². The Labute approximate surface area is 183 Å². The quantitative estimate of drug-likeness (QED) is 0.415. The lowest BCUT2D eigenvalue weighted by molar-refractivity contribution is 0.0992. The number of hydrogen-bond donors (Lipinski definition) is 1. The minimum Gasteiger partial charge on any atom is -0.486 e. The molecule has 0 aliphatic carbocycles. The molecule has 2 heterocycles. The number of benzene rings is 2. The molecule has 0 fully saturated rings. The number of amides is 1. The van der Waals surface area contributed by atoms with Crippen molar-refractivity contribution < 1.29 is 18.3 Å². The van der Waals surface area contributed by atoms with E-state index in [0.717, 1.165) is 16.9 Å². The van der Waals surface area contributed by atoms with Gasteiger partial charge in [0.05, 0.1) is 6.54 Å². The second-order valence-corrected chi connectivity index (χ2v) is 7.39. The van der Waals surface area contributed by atoms with Crippen molar-refractivity contribution in [3.63, 3.8) is 0 Å². The lowest BCUT2D eigenvalue weighted by Crippen LogP contribution is -2.12. The molecule has 0 bridgehead atoms. The molecule has 2 aromatic heterocycles. The van der Waals surface area contributed by atoms with Crippen LogP contribution in [0.2, 0.25) is 5.02 Å². The van der Waals surface area contributed by atoms with Crippen molar-refractivity contribution in [2.45, 2.75) is 20.1 Å². The second kappa shape index (κ2) is 9.06. The molecule has 1 N–H and O–H groups in total. The van der Waals surface area contributed by atoms with Crippen molar-refractivity contribution in [1.82, 2.24) is 9.78 Å². The van der Waals surface area contributed by atoms with E-state index in [-0.39, 0.29) is 29.0 Å². The zero-order valence-electron chi connectivity index (χ0n) is 16.6. The zero-order valence-corrected chi connectivity index (χ0v) is 17.4. The molecule has 0 aliphatic heterocycles. The number of carbonyl (C=O) groups excluding carboxylic acids is 1. The average molecular weight is 440 g/mol. The first-order chi connectivity index (χ1) is 15.0. The first-order valence-electron chi connectivity index (χ1n) is 9.53. The van der Waals surface area contributed by atoms with Crippen molar-refractivity contribution in [2.24, 2.45) is 0 Å². The molecule has 4 aromatic rings. The highest BCUT2D eigenvalue weighted by Crippen LogP contribution is 2.22. The van der Waals surface area contributed by atoms with Crippen LogP contribution in [0.1, 0.15) is 27.4 Å². The summed E-state index contributed by atoms with van der Waals surface area (Å²) in [5.74, 6) is 0.715. The van der Waals surface area contributed by atoms with Gasteiger partial charge in [0.15, 0.2) is 11.6 Å². The number of ether oxygens (including phenoxy) is 1. The summed E-state index contributed by atoms with van der Waals surface area (Å²) in [4.78, 5) is 12.5. The smallest absolute Gasteiger partial charge is 0.292 e.